The van der Waals surface area contributed by atoms with Gasteiger partial charge in [0.2, 0.25) is 0 Å². The number of hydrogen-bond donors (Lipinski definition) is 6. The molecule has 0 spiro atoms. The fourth-order valence-electron chi connectivity index (χ4n) is 6.33. The maximum absolute atomic E-state index is 13.0. The number of carboxylic acid groups (broad SMARTS) is 1. The molecular formula is C40H74O13. The molecule has 0 aromatic carbocycles. The number of aliphatic carboxylic acids is 1. The highest BCUT2D eigenvalue weighted by atomic mass is 16.6. The van der Waals surface area contributed by atoms with Crippen LogP contribution in [0.1, 0.15) is 182 Å². The Morgan fingerprint density at radius 3 is 0.981 bits per heavy atom. The summed E-state index contributed by atoms with van der Waals surface area (Å²) in [5.41, 5.74) is 0. The van der Waals surface area contributed by atoms with E-state index in [0.29, 0.717) is 32.1 Å². The van der Waals surface area contributed by atoms with Crippen molar-refractivity contribution in [2.45, 2.75) is 231 Å². The number of aliphatic hydroxyl groups is 5. The van der Waals surface area contributed by atoms with E-state index in [9.17, 15) is 44.7 Å². The van der Waals surface area contributed by atoms with Gasteiger partial charge in [0.05, 0.1) is 56.2 Å². The molecule has 0 radical (unpaired) electrons. The van der Waals surface area contributed by atoms with Gasteiger partial charge in [-0.05, 0) is 51.4 Å². The maximum Gasteiger partial charge on any atom is 0.308 e. The average Bonchev–Trinajstić information content (AvgIpc) is 3.04. The number of carbonyl (C=O) groups is 4. The van der Waals surface area contributed by atoms with Crippen LogP contribution in [-0.2, 0) is 33.4 Å². The lowest BCUT2D eigenvalue weighted by Crippen LogP contribution is -2.31. The summed E-state index contributed by atoms with van der Waals surface area (Å²) >= 11 is 0. The smallest absolute Gasteiger partial charge is 0.308 e. The SMILES string of the molecule is CCCCC[C@@H](O)C[C@H](O)CC(=O)O[C@@H](CCCCC)C[C@H](O)CC(=O)O[C@@H](CCCCC)C[C@H](O)CC(=O)O[C@@H](CCCCC)C[C@H](O)CC(=O)O. The fourth-order valence-corrected chi connectivity index (χ4v) is 6.33. The monoisotopic (exact) mass is 763 g/mol. The minimum atomic E-state index is -1.19. The van der Waals surface area contributed by atoms with Crippen molar-refractivity contribution in [3.05, 3.63) is 0 Å². The van der Waals surface area contributed by atoms with E-state index < -0.39 is 79.1 Å². The number of hydrogen-bond acceptors (Lipinski definition) is 12. The molecule has 0 aliphatic rings. The molecule has 0 bridgehead atoms. The topological polar surface area (TPSA) is 217 Å². The Bertz CT molecular complexity index is 961. The van der Waals surface area contributed by atoms with Gasteiger partial charge in [0.15, 0.2) is 0 Å². The molecule has 13 nitrogen and oxygen atoms in total. The second-order valence-electron chi connectivity index (χ2n) is 14.7. The summed E-state index contributed by atoms with van der Waals surface area (Å²) < 4.78 is 16.8. The molecule has 0 aromatic rings. The third kappa shape index (κ3) is 29.7. The van der Waals surface area contributed by atoms with E-state index in [2.05, 4.69) is 6.92 Å². The minimum Gasteiger partial charge on any atom is -0.481 e. The highest BCUT2D eigenvalue weighted by Crippen LogP contribution is 2.21. The molecule has 0 saturated carbocycles. The van der Waals surface area contributed by atoms with Crippen LogP contribution < -0.4 is 0 Å². The van der Waals surface area contributed by atoms with Crippen LogP contribution in [0.2, 0.25) is 0 Å². The fraction of sp³-hybridized carbons (Fsp3) is 0.900. The number of unbranched alkanes of at least 4 members (excludes halogenated alkanes) is 8. The number of carbonyl (C=O) groups excluding carboxylic acids is 3. The summed E-state index contributed by atoms with van der Waals surface area (Å²) in [4.78, 5) is 49.4. The van der Waals surface area contributed by atoms with E-state index in [0.717, 1.165) is 70.6 Å². The summed E-state index contributed by atoms with van der Waals surface area (Å²) in [6.07, 6.45) is 3.46. The van der Waals surface area contributed by atoms with Crippen molar-refractivity contribution in [2.75, 3.05) is 0 Å². The van der Waals surface area contributed by atoms with Gasteiger partial charge in [-0.2, -0.15) is 0 Å². The van der Waals surface area contributed by atoms with Crippen molar-refractivity contribution >= 4 is 23.9 Å². The van der Waals surface area contributed by atoms with E-state index in [1.165, 1.54) is 0 Å². The molecular weight excluding hydrogens is 688 g/mol. The Labute approximate surface area is 318 Å². The molecule has 6 N–H and O–H groups in total. The Balaban J connectivity index is 5.24. The first-order valence-corrected chi connectivity index (χ1v) is 20.4. The first-order valence-electron chi connectivity index (χ1n) is 20.4. The summed E-state index contributed by atoms with van der Waals surface area (Å²) in [5, 5.41) is 61.2. The first kappa shape index (κ1) is 50.7. The lowest BCUT2D eigenvalue weighted by Gasteiger charge is -2.24. The van der Waals surface area contributed by atoms with Crippen LogP contribution in [0.5, 0.6) is 0 Å². The Hall–Kier alpha value is -2.32. The number of aliphatic hydroxyl groups excluding tert-OH is 5. The second-order valence-corrected chi connectivity index (χ2v) is 14.7. The van der Waals surface area contributed by atoms with Crippen molar-refractivity contribution in [3.63, 3.8) is 0 Å². The van der Waals surface area contributed by atoms with E-state index >= 15 is 0 Å². The molecule has 0 aliphatic heterocycles. The van der Waals surface area contributed by atoms with Gasteiger partial charge in [-0.15, -0.1) is 0 Å². The predicted octanol–water partition coefficient (Wildman–Crippen LogP) is 6.05. The largest absolute Gasteiger partial charge is 0.481 e. The number of carboxylic acids is 1. The van der Waals surface area contributed by atoms with Crippen LogP contribution in [0, 0.1) is 0 Å². The molecule has 0 amide bonds. The Kier molecular flexibility index (Phi) is 30.6. The highest BCUT2D eigenvalue weighted by molar-refractivity contribution is 5.71. The molecule has 53 heavy (non-hydrogen) atoms. The molecule has 0 saturated heterocycles. The van der Waals surface area contributed by atoms with Crippen molar-refractivity contribution in [3.8, 4) is 0 Å². The van der Waals surface area contributed by atoms with Gasteiger partial charge in [-0.3, -0.25) is 19.2 Å². The average molecular weight is 763 g/mol. The molecule has 0 heterocycles. The summed E-state index contributed by atoms with van der Waals surface area (Å²) in [7, 11) is 0. The molecule has 0 rings (SSSR count). The normalized spacial score (nSPS) is 16.1. The van der Waals surface area contributed by atoms with Crippen LogP contribution in [-0.4, -0.2) is 103 Å². The number of ether oxygens (including phenoxy) is 3. The Morgan fingerprint density at radius 1 is 0.396 bits per heavy atom. The summed E-state index contributed by atoms with van der Waals surface area (Å²) in [6, 6.07) is 0. The standard InChI is InChI=1S/C40H74O13/c1-5-9-13-17-29(41)21-30(42)26-38(48)52-35(19-15-11-7-3)23-32(44)28-40(50)53-36(20-16-12-8-4)24-33(45)27-39(49)51-34(18-14-10-6-2)22-31(43)25-37(46)47/h29-36,41-45H,5-28H2,1-4H3,(H,46,47)/t29-,30+,31+,32+,33+,34+,35+,36+/m1/s1. The van der Waals surface area contributed by atoms with Crippen LogP contribution in [0.3, 0.4) is 0 Å². The van der Waals surface area contributed by atoms with E-state index in [4.69, 9.17) is 19.3 Å². The first-order chi connectivity index (χ1) is 25.2. The molecule has 0 unspecified atom stereocenters. The zero-order valence-electron chi connectivity index (χ0n) is 33.1. The Morgan fingerprint density at radius 2 is 0.679 bits per heavy atom. The molecule has 0 fully saturated rings. The van der Waals surface area contributed by atoms with Crippen molar-refractivity contribution in [1.82, 2.24) is 0 Å². The lowest BCUT2D eigenvalue weighted by molar-refractivity contribution is -0.156. The van der Waals surface area contributed by atoms with E-state index in [1.807, 2.05) is 20.8 Å². The zero-order valence-corrected chi connectivity index (χ0v) is 33.1. The minimum absolute atomic E-state index is 0.00412. The van der Waals surface area contributed by atoms with Crippen LogP contribution in [0.4, 0.5) is 0 Å². The molecule has 312 valence electrons. The van der Waals surface area contributed by atoms with Gasteiger partial charge >= 0.3 is 23.9 Å². The van der Waals surface area contributed by atoms with Gasteiger partial charge < -0.3 is 44.8 Å². The summed E-state index contributed by atoms with van der Waals surface area (Å²) in [5.74, 6) is -3.19. The second kappa shape index (κ2) is 32.0. The van der Waals surface area contributed by atoms with Crippen LogP contribution in [0.25, 0.3) is 0 Å². The highest BCUT2D eigenvalue weighted by Gasteiger charge is 2.27. The van der Waals surface area contributed by atoms with Gasteiger partial charge in [-0.1, -0.05) is 85.5 Å². The molecule has 8 atom stereocenters. The van der Waals surface area contributed by atoms with Crippen molar-refractivity contribution in [2.24, 2.45) is 0 Å². The van der Waals surface area contributed by atoms with Gasteiger partial charge in [0.25, 0.3) is 0 Å². The lowest BCUT2D eigenvalue weighted by atomic mass is 10.0. The quantitative estimate of drug-likeness (QED) is 0.0246. The molecule has 13 heteroatoms. The zero-order chi connectivity index (χ0) is 40.0. The third-order valence-electron chi connectivity index (χ3n) is 9.19. The van der Waals surface area contributed by atoms with Gasteiger partial charge in [0, 0.05) is 19.3 Å². The van der Waals surface area contributed by atoms with Crippen LogP contribution in [0.15, 0.2) is 0 Å². The van der Waals surface area contributed by atoms with Gasteiger partial charge in [0.1, 0.15) is 18.3 Å². The predicted molar refractivity (Wildman–Crippen MR) is 201 cm³/mol. The van der Waals surface area contributed by atoms with E-state index in [-0.39, 0.29) is 44.9 Å². The van der Waals surface area contributed by atoms with E-state index in [1.54, 1.807) is 0 Å². The van der Waals surface area contributed by atoms with Gasteiger partial charge in [-0.25, -0.2) is 0 Å². The van der Waals surface area contributed by atoms with Crippen LogP contribution >= 0.6 is 0 Å². The summed E-state index contributed by atoms with van der Waals surface area (Å²) in [6.45, 7) is 8.13. The van der Waals surface area contributed by atoms with Crippen molar-refractivity contribution < 1.29 is 64.0 Å². The molecule has 0 aliphatic carbocycles. The maximum atomic E-state index is 13.0. The van der Waals surface area contributed by atoms with Crippen molar-refractivity contribution in [1.29, 1.82) is 0 Å². The number of rotatable bonds is 35. The molecule has 0 aromatic heterocycles. The number of esters is 3. The third-order valence-corrected chi connectivity index (χ3v) is 9.19.